The third-order valence-electron chi connectivity index (χ3n) is 2.94. The number of amides is 1. The van der Waals surface area contributed by atoms with Gasteiger partial charge >= 0.3 is 6.09 Å². The average Bonchev–Trinajstić information content (AvgIpc) is 2.56. The number of alkyl carbamates (subject to hydrolysis) is 1. The summed E-state index contributed by atoms with van der Waals surface area (Å²) >= 11 is 0. The summed E-state index contributed by atoms with van der Waals surface area (Å²) < 4.78 is 4.86. The number of ether oxygens (including phenoxy) is 1. The maximum atomic E-state index is 11.6. The number of nitrogens with one attached hydrogen (secondary N) is 1. The third-order valence-corrected chi connectivity index (χ3v) is 2.94. The van der Waals surface area contributed by atoms with E-state index >= 15 is 0 Å². The Kier molecular flexibility index (Phi) is 7.47. The summed E-state index contributed by atoms with van der Waals surface area (Å²) in [6.07, 6.45) is -5.99. The molecule has 0 aliphatic rings. The van der Waals surface area contributed by atoms with Crippen molar-refractivity contribution in [2.75, 3.05) is 6.61 Å². The van der Waals surface area contributed by atoms with Crippen LogP contribution in [0.25, 0.3) is 0 Å². The summed E-state index contributed by atoms with van der Waals surface area (Å²) in [4.78, 5) is 22.4. The lowest BCUT2D eigenvalue weighted by Gasteiger charge is -2.25. The molecule has 0 fully saturated rings. The molecule has 122 valence electrons. The molecule has 8 heteroatoms. The standard InChI is InChI=1S/C14H19NO7/c16-6-10(12(19)13(20)11(18)7-17)15-14(21)22-8-9-4-2-1-3-5-9/h1-6,10-13,17-20H,7-8H2,(H,15,21)/t10-,11-,12-,13-/m1/s1. The lowest BCUT2D eigenvalue weighted by atomic mass is 10.0. The van der Waals surface area contributed by atoms with E-state index in [1.54, 1.807) is 30.3 Å². The fourth-order valence-electron chi connectivity index (χ4n) is 1.65. The number of aldehydes is 1. The molecule has 4 atom stereocenters. The van der Waals surface area contributed by atoms with Gasteiger partial charge in [-0.3, -0.25) is 0 Å². The van der Waals surface area contributed by atoms with Crippen molar-refractivity contribution in [1.82, 2.24) is 5.32 Å². The molecule has 0 aliphatic carbocycles. The van der Waals surface area contributed by atoms with Gasteiger partial charge in [-0.25, -0.2) is 4.79 Å². The Bertz CT molecular complexity index is 468. The highest BCUT2D eigenvalue weighted by molar-refractivity contribution is 5.73. The molecular weight excluding hydrogens is 294 g/mol. The van der Waals surface area contributed by atoms with E-state index in [0.29, 0.717) is 0 Å². The van der Waals surface area contributed by atoms with Crippen molar-refractivity contribution in [3.8, 4) is 0 Å². The Balaban J connectivity index is 2.51. The monoisotopic (exact) mass is 313 g/mol. The van der Waals surface area contributed by atoms with Crippen LogP contribution < -0.4 is 5.32 Å². The number of carbonyl (C=O) groups excluding carboxylic acids is 2. The molecule has 1 rings (SSSR count). The zero-order chi connectivity index (χ0) is 16.5. The van der Waals surface area contributed by atoms with Crippen LogP contribution in [0.1, 0.15) is 5.56 Å². The first-order valence-corrected chi connectivity index (χ1v) is 6.57. The van der Waals surface area contributed by atoms with Gasteiger partial charge in [0.25, 0.3) is 0 Å². The number of hydrogen-bond donors (Lipinski definition) is 5. The predicted molar refractivity (Wildman–Crippen MR) is 74.7 cm³/mol. The SMILES string of the molecule is O=C[C@@H](NC(=O)OCc1ccccc1)[C@@H](O)[C@H](O)[C@H](O)CO. The summed E-state index contributed by atoms with van der Waals surface area (Å²) in [5.41, 5.74) is 0.733. The first kappa shape index (κ1) is 18.1. The fraction of sp³-hybridized carbons (Fsp3) is 0.429. The molecule has 0 spiro atoms. The molecule has 0 radical (unpaired) electrons. The summed E-state index contributed by atoms with van der Waals surface area (Å²) in [5.74, 6) is 0. The molecular formula is C14H19NO7. The number of carbonyl (C=O) groups is 2. The highest BCUT2D eigenvalue weighted by Crippen LogP contribution is 2.05. The maximum Gasteiger partial charge on any atom is 0.408 e. The van der Waals surface area contributed by atoms with E-state index < -0.39 is 37.1 Å². The molecule has 0 saturated carbocycles. The second kappa shape index (κ2) is 9.11. The minimum absolute atomic E-state index is 0.0316. The smallest absolute Gasteiger partial charge is 0.408 e. The maximum absolute atomic E-state index is 11.6. The van der Waals surface area contributed by atoms with Gasteiger partial charge in [0.15, 0.2) is 0 Å². The van der Waals surface area contributed by atoms with Crippen molar-refractivity contribution >= 4 is 12.4 Å². The zero-order valence-corrected chi connectivity index (χ0v) is 11.7. The van der Waals surface area contributed by atoms with E-state index in [4.69, 9.17) is 9.84 Å². The van der Waals surface area contributed by atoms with Crippen LogP contribution in [0.4, 0.5) is 4.79 Å². The molecule has 1 amide bonds. The lowest BCUT2D eigenvalue weighted by molar-refractivity contribution is -0.120. The Labute approximate surface area is 127 Å². The molecule has 5 N–H and O–H groups in total. The van der Waals surface area contributed by atoms with E-state index in [-0.39, 0.29) is 12.9 Å². The number of rotatable bonds is 8. The summed E-state index contributed by atoms with van der Waals surface area (Å²) in [7, 11) is 0. The second-order valence-corrected chi connectivity index (χ2v) is 4.60. The van der Waals surface area contributed by atoms with Gasteiger partial charge in [-0.1, -0.05) is 30.3 Å². The van der Waals surface area contributed by atoms with Gasteiger partial charge in [-0.15, -0.1) is 0 Å². The molecule has 1 aromatic rings. The molecule has 8 nitrogen and oxygen atoms in total. The van der Waals surface area contributed by atoms with Crippen LogP contribution in [0.15, 0.2) is 30.3 Å². The van der Waals surface area contributed by atoms with E-state index in [1.165, 1.54) is 0 Å². The normalized spacial score (nSPS) is 16.2. The highest BCUT2D eigenvalue weighted by Gasteiger charge is 2.32. The van der Waals surface area contributed by atoms with Crippen molar-refractivity contribution in [1.29, 1.82) is 0 Å². The van der Waals surface area contributed by atoms with Crippen LogP contribution in [0.2, 0.25) is 0 Å². The van der Waals surface area contributed by atoms with Crippen molar-refractivity contribution < 1.29 is 34.8 Å². The molecule has 0 heterocycles. The van der Waals surface area contributed by atoms with E-state index in [2.05, 4.69) is 5.32 Å². The average molecular weight is 313 g/mol. The van der Waals surface area contributed by atoms with Crippen LogP contribution in [-0.4, -0.2) is 63.8 Å². The molecule has 0 saturated heterocycles. The Morgan fingerprint density at radius 3 is 2.36 bits per heavy atom. The second-order valence-electron chi connectivity index (χ2n) is 4.60. The summed E-state index contributed by atoms with van der Waals surface area (Å²) in [5, 5.41) is 39.1. The Morgan fingerprint density at radius 1 is 1.18 bits per heavy atom. The largest absolute Gasteiger partial charge is 0.445 e. The van der Waals surface area contributed by atoms with Crippen LogP contribution in [0.5, 0.6) is 0 Å². The van der Waals surface area contributed by atoms with Crippen LogP contribution in [-0.2, 0) is 16.1 Å². The van der Waals surface area contributed by atoms with Crippen molar-refractivity contribution in [3.05, 3.63) is 35.9 Å². The zero-order valence-electron chi connectivity index (χ0n) is 11.7. The van der Waals surface area contributed by atoms with Gasteiger partial charge in [0.05, 0.1) is 6.61 Å². The molecule has 0 aliphatic heterocycles. The fourth-order valence-corrected chi connectivity index (χ4v) is 1.65. The van der Waals surface area contributed by atoms with E-state index in [0.717, 1.165) is 5.56 Å². The van der Waals surface area contributed by atoms with Crippen molar-refractivity contribution in [3.63, 3.8) is 0 Å². The van der Waals surface area contributed by atoms with Crippen molar-refractivity contribution in [2.24, 2.45) is 0 Å². The van der Waals surface area contributed by atoms with Gasteiger partial charge in [0, 0.05) is 0 Å². The van der Waals surface area contributed by atoms with Gasteiger partial charge in [0.1, 0.15) is 37.2 Å². The first-order chi connectivity index (χ1) is 10.5. The minimum Gasteiger partial charge on any atom is -0.445 e. The van der Waals surface area contributed by atoms with Crippen LogP contribution in [0, 0.1) is 0 Å². The van der Waals surface area contributed by atoms with Crippen LogP contribution in [0.3, 0.4) is 0 Å². The number of aliphatic hydroxyl groups excluding tert-OH is 4. The van der Waals surface area contributed by atoms with Gasteiger partial charge in [-0.2, -0.15) is 0 Å². The molecule has 22 heavy (non-hydrogen) atoms. The molecule has 1 aromatic carbocycles. The first-order valence-electron chi connectivity index (χ1n) is 6.57. The van der Waals surface area contributed by atoms with Gasteiger partial charge in [-0.05, 0) is 5.56 Å². The van der Waals surface area contributed by atoms with Gasteiger partial charge < -0.3 is 35.3 Å². The molecule has 0 unspecified atom stereocenters. The molecule has 0 bridgehead atoms. The predicted octanol–water partition coefficient (Wildman–Crippen LogP) is -1.44. The quantitative estimate of drug-likeness (QED) is 0.371. The topological polar surface area (TPSA) is 136 Å². The third kappa shape index (κ3) is 5.41. The highest BCUT2D eigenvalue weighted by atomic mass is 16.5. The van der Waals surface area contributed by atoms with Crippen LogP contribution >= 0.6 is 0 Å². The summed E-state index contributed by atoms with van der Waals surface area (Å²) in [6.45, 7) is -0.835. The van der Waals surface area contributed by atoms with E-state index in [1.807, 2.05) is 0 Å². The molecule has 0 aromatic heterocycles. The number of aliphatic hydroxyl groups is 4. The Hall–Kier alpha value is -2.00. The lowest BCUT2D eigenvalue weighted by Crippen LogP contribution is -2.53. The Morgan fingerprint density at radius 2 is 1.82 bits per heavy atom. The summed E-state index contributed by atoms with van der Waals surface area (Å²) in [6, 6.07) is 7.32. The van der Waals surface area contributed by atoms with Crippen molar-refractivity contribution in [2.45, 2.75) is 31.0 Å². The minimum atomic E-state index is -1.80. The van der Waals surface area contributed by atoms with E-state index in [9.17, 15) is 24.9 Å². The number of benzene rings is 1. The van der Waals surface area contributed by atoms with Gasteiger partial charge in [0.2, 0.25) is 0 Å². The number of hydrogen-bond acceptors (Lipinski definition) is 7.